The molecule has 0 radical (unpaired) electrons. The van der Waals surface area contributed by atoms with Crippen molar-refractivity contribution >= 4 is 5.91 Å². The van der Waals surface area contributed by atoms with Gasteiger partial charge in [0.2, 0.25) is 0 Å². The highest BCUT2D eigenvalue weighted by Gasteiger charge is 2.44. The molecule has 1 heterocycles. The van der Waals surface area contributed by atoms with E-state index < -0.39 is 11.8 Å². The third-order valence-electron chi connectivity index (χ3n) is 1.20. The van der Waals surface area contributed by atoms with Crippen LogP contribution in [0.3, 0.4) is 0 Å². The summed E-state index contributed by atoms with van der Waals surface area (Å²) < 4.78 is 24.5. The Morgan fingerprint density at radius 1 is 1.67 bits per heavy atom. The quantitative estimate of drug-likeness (QED) is 0.516. The molecule has 2 nitrogen and oxygen atoms in total. The lowest BCUT2D eigenvalue weighted by Gasteiger charge is -2.04. The number of halogens is 2. The summed E-state index contributed by atoms with van der Waals surface area (Å²) >= 11 is 0. The summed E-state index contributed by atoms with van der Waals surface area (Å²) in [5.41, 5.74) is -0.229. The van der Waals surface area contributed by atoms with Crippen molar-refractivity contribution in [2.24, 2.45) is 0 Å². The molecule has 1 rings (SSSR count). The molecule has 0 fully saturated rings. The van der Waals surface area contributed by atoms with Gasteiger partial charge >= 0.3 is 5.92 Å². The lowest BCUT2D eigenvalue weighted by molar-refractivity contribution is -0.137. The monoisotopic (exact) mass is 133 g/mol. The zero-order chi connectivity index (χ0) is 7.07. The van der Waals surface area contributed by atoms with Gasteiger partial charge in [0, 0.05) is 11.8 Å². The Morgan fingerprint density at radius 2 is 2.22 bits per heavy atom. The van der Waals surface area contributed by atoms with Crippen LogP contribution in [0.4, 0.5) is 8.78 Å². The van der Waals surface area contributed by atoms with Gasteiger partial charge in [-0.2, -0.15) is 8.78 Å². The van der Waals surface area contributed by atoms with Gasteiger partial charge in [-0.25, -0.2) is 0 Å². The first-order chi connectivity index (χ1) is 4.05. The van der Waals surface area contributed by atoms with Crippen molar-refractivity contribution in [1.82, 2.24) is 5.32 Å². The highest BCUT2D eigenvalue weighted by Crippen LogP contribution is 2.26. The first-order valence-corrected chi connectivity index (χ1v) is 2.41. The predicted octanol–water partition coefficient (Wildman–Crippen LogP) is 0.655. The van der Waals surface area contributed by atoms with Gasteiger partial charge in [0.25, 0.3) is 5.91 Å². The summed E-state index contributed by atoms with van der Waals surface area (Å²) in [6, 6.07) is 0. The largest absolute Gasteiger partial charge is 0.347 e. The summed E-state index contributed by atoms with van der Waals surface area (Å²) in [6.45, 7) is 1.21. The SMILES string of the molecule is CC1=CNC(=O)C1(F)F. The van der Waals surface area contributed by atoms with Gasteiger partial charge in [-0.1, -0.05) is 0 Å². The van der Waals surface area contributed by atoms with Crippen molar-refractivity contribution in [2.75, 3.05) is 0 Å². The zero-order valence-electron chi connectivity index (χ0n) is 4.74. The minimum Gasteiger partial charge on any atom is -0.327 e. The van der Waals surface area contributed by atoms with Crippen LogP contribution in [0, 0.1) is 0 Å². The number of amides is 1. The lowest BCUT2D eigenvalue weighted by atomic mass is 10.2. The summed E-state index contributed by atoms with van der Waals surface area (Å²) in [5, 5.41) is 1.91. The van der Waals surface area contributed by atoms with Crippen LogP contribution in [-0.2, 0) is 4.79 Å². The molecule has 1 amide bonds. The van der Waals surface area contributed by atoms with Crippen molar-refractivity contribution in [3.63, 3.8) is 0 Å². The van der Waals surface area contributed by atoms with E-state index in [4.69, 9.17) is 0 Å². The maximum Gasteiger partial charge on any atom is 0.347 e. The van der Waals surface area contributed by atoms with E-state index in [-0.39, 0.29) is 5.57 Å². The summed E-state index contributed by atoms with van der Waals surface area (Å²) in [7, 11) is 0. The molecule has 0 atom stereocenters. The molecule has 1 N–H and O–H groups in total. The smallest absolute Gasteiger partial charge is 0.327 e. The lowest BCUT2D eigenvalue weighted by Crippen LogP contribution is -2.31. The van der Waals surface area contributed by atoms with Crippen LogP contribution in [0.5, 0.6) is 0 Å². The third-order valence-corrected chi connectivity index (χ3v) is 1.20. The van der Waals surface area contributed by atoms with Crippen LogP contribution in [0.2, 0.25) is 0 Å². The average molecular weight is 133 g/mol. The molecule has 1 aliphatic rings. The van der Waals surface area contributed by atoms with Crippen molar-refractivity contribution < 1.29 is 13.6 Å². The van der Waals surface area contributed by atoms with Crippen molar-refractivity contribution in [3.05, 3.63) is 11.8 Å². The van der Waals surface area contributed by atoms with Crippen LogP contribution < -0.4 is 5.32 Å². The van der Waals surface area contributed by atoms with Crippen LogP contribution >= 0.6 is 0 Å². The normalized spacial score (nSPS) is 23.4. The molecule has 0 aromatic heterocycles. The molecular weight excluding hydrogens is 128 g/mol. The molecule has 0 aliphatic carbocycles. The minimum absolute atomic E-state index is 0.229. The van der Waals surface area contributed by atoms with E-state index in [0.717, 1.165) is 6.20 Å². The van der Waals surface area contributed by atoms with Gasteiger partial charge in [-0.15, -0.1) is 0 Å². The van der Waals surface area contributed by atoms with E-state index in [1.54, 1.807) is 0 Å². The molecule has 0 saturated heterocycles. The second-order valence-corrected chi connectivity index (χ2v) is 1.88. The number of alkyl halides is 2. The summed E-state index contributed by atoms with van der Waals surface area (Å²) in [5.74, 6) is -4.51. The van der Waals surface area contributed by atoms with Gasteiger partial charge in [0.05, 0.1) is 0 Å². The van der Waals surface area contributed by atoms with Gasteiger partial charge in [0.15, 0.2) is 0 Å². The summed E-state index contributed by atoms with van der Waals surface area (Å²) in [6.07, 6.45) is 1.02. The van der Waals surface area contributed by atoms with Crippen LogP contribution in [0.15, 0.2) is 11.8 Å². The van der Waals surface area contributed by atoms with Crippen LogP contribution in [0.25, 0.3) is 0 Å². The Bertz CT molecular complexity index is 185. The fraction of sp³-hybridized carbons (Fsp3) is 0.400. The zero-order valence-corrected chi connectivity index (χ0v) is 4.74. The fourth-order valence-electron chi connectivity index (χ4n) is 0.534. The highest BCUT2D eigenvalue weighted by molar-refractivity contribution is 5.90. The number of carbonyl (C=O) groups excluding carboxylic acids is 1. The Labute approximate surface area is 50.5 Å². The topological polar surface area (TPSA) is 29.1 Å². The maximum absolute atomic E-state index is 12.3. The van der Waals surface area contributed by atoms with E-state index in [2.05, 4.69) is 0 Å². The molecule has 4 heteroatoms. The fourth-order valence-corrected chi connectivity index (χ4v) is 0.534. The van der Waals surface area contributed by atoms with Gasteiger partial charge < -0.3 is 5.32 Å². The molecule has 0 unspecified atom stereocenters. The van der Waals surface area contributed by atoms with E-state index in [1.165, 1.54) is 6.92 Å². The second-order valence-electron chi connectivity index (χ2n) is 1.88. The first kappa shape index (κ1) is 6.19. The van der Waals surface area contributed by atoms with E-state index in [9.17, 15) is 13.6 Å². The molecule has 50 valence electrons. The minimum atomic E-state index is -3.28. The van der Waals surface area contributed by atoms with Crippen molar-refractivity contribution in [3.8, 4) is 0 Å². The molecule has 0 aromatic rings. The molecular formula is C5H5F2NO. The molecule has 1 aliphatic heterocycles. The van der Waals surface area contributed by atoms with Gasteiger partial charge in [0.1, 0.15) is 0 Å². The molecule has 0 aromatic carbocycles. The van der Waals surface area contributed by atoms with Gasteiger partial charge in [-0.05, 0) is 6.92 Å². The average Bonchev–Trinajstić information content (AvgIpc) is 1.96. The Balaban J connectivity index is 2.93. The van der Waals surface area contributed by atoms with Crippen LogP contribution in [-0.4, -0.2) is 11.8 Å². The Kier molecular flexibility index (Phi) is 1.05. The highest BCUT2D eigenvalue weighted by atomic mass is 19.3. The van der Waals surface area contributed by atoms with Crippen molar-refractivity contribution in [2.45, 2.75) is 12.8 Å². The van der Waals surface area contributed by atoms with Crippen LogP contribution in [0.1, 0.15) is 6.92 Å². The van der Waals surface area contributed by atoms with Gasteiger partial charge in [-0.3, -0.25) is 4.79 Å². The predicted molar refractivity (Wildman–Crippen MR) is 26.8 cm³/mol. The molecule has 0 spiro atoms. The number of rotatable bonds is 0. The number of hydrogen-bond acceptors (Lipinski definition) is 1. The standard InChI is InChI=1S/C5H5F2NO/c1-3-2-8-4(9)5(3,6)7/h2H,1H3,(H,8,9). The number of nitrogens with one attached hydrogen (secondary N) is 1. The number of carbonyl (C=O) groups is 1. The number of hydrogen-bond donors (Lipinski definition) is 1. The Morgan fingerprint density at radius 3 is 2.33 bits per heavy atom. The van der Waals surface area contributed by atoms with E-state index >= 15 is 0 Å². The summed E-state index contributed by atoms with van der Waals surface area (Å²) in [4.78, 5) is 10.2. The third kappa shape index (κ3) is 0.704. The maximum atomic E-state index is 12.3. The van der Waals surface area contributed by atoms with Crippen molar-refractivity contribution in [1.29, 1.82) is 0 Å². The molecule has 0 bridgehead atoms. The second kappa shape index (κ2) is 1.52. The van der Waals surface area contributed by atoms with E-state index in [1.807, 2.05) is 5.32 Å². The molecule has 9 heavy (non-hydrogen) atoms. The molecule has 0 saturated carbocycles. The first-order valence-electron chi connectivity index (χ1n) is 2.41. The Hall–Kier alpha value is -0.930. The van der Waals surface area contributed by atoms with E-state index in [0.29, 0.717) is 0 Å².